The fraction of sp³-hybridized carbons (Fsp3) is 0.250. The highest BCUT2D eigenvalue weighted by atomic mass is 16.5. The van der Waals surface area contributed by atoms with E-state index in [2.05, 4.69) is 0 Å². The van der Waals surface area contributed by atoms with Crippen molar-refractivity contribution in [3.8, 4) is 5.75 Å². The van der Waals surface area contributed by atoms with Crippen LogP contribution in [0.3, 0.4) is 0 Å². The lowest BCUT2D eigenvalue weighted by Crippen LogP contribution is -2.50. The van der Waals surface area contributed by atoms with Crippen LogP contribution in [0.4, 0.5) is 5.95 Å². The van der Waals surface area contributed by atoms with Gasteiger partial charge in [0, 0.05) is 12.1 Å². The Morgan fingerprint density at radius 3 is 2.46 bits per heavy atom. The van der Waals surface area contributed by atoms with Crippen molar-refractivity contribution < 1.29 is 19.1 Å². The van der Waals surface area contributed by atoms with Crippen molar-refractivity contribution in [2.24, 2.45) is 5.92 Å². The number of rotatable bonds is 7. The molecule has 0 radical (unpaired) electrons. The van der Waals surface area contributed by atoms with E-state index in [9.17, 15) is 9.59 Å². The maximum Gasteiger partial charge on any atom is 0.321 e. The van der Waals surface area contributed by atoms with Gasteiger partial charge in [0.1, 0.15) is 5.75 Å². The Morgan fingerprint density at radius 1 is 0.971 bits per heavy atom. The van der Waals surface area contributed by atoms with E-state index in [1.165, 1.54) is 0 Å². The van der Waals surface area contributed by atoms with Crippen molar-refractivity contribution in [3.05, 3.63) is 90.0 Å². The number of para-hydroxylation sites is 3. The van der Waals surface area contributed by atoms with Crippen LogP contribution in [0.15, 0.2) is 78.9 Å². The van der Waals surface area contributed by atoms with Crippen LogP contribution in [0, 0.1) is 5.92 Å². The van der Waals surface area contributed by atoms with Crippen LogP contribution in [-0.4, -0.2) is 41.7 Å². The third kappa shape index (κ3) is 4.03. The van der Waals surface area contributed by atoms with Gasteiger partial charge in [-0.2, -0.15) is 0 Å². The first kappa shape index (κ1) is 22.7. The SMILES string of the molecule is CCOC(=O)[C@@H]1C(=O)N(CCc2ccccc2)c2nc3ccccc3n2[C@@H]1c1ccccc1OC. The second kappa shape index (κ2) is 9.62. The van der Waals surface area contributed by atoms with Crippen LogP contribution in [0.1, 0.15) is 24.1 Å². The first-order chi connectivity index (χ1) is 17.1. The van der Waals surface area contributed by atoms with Gasteiger partial charge in [0.15, 0.2) is 5.92 Å². The molecule has 0 saturated heterocycles. The lowest BCUT2D eigenvalue weighted by atomic mass is 9.88. The van der Waals surface area contributed by atoms with Gasteiger partial charge >= 0.3 is 5.97 Å². The Morgan fingerprint density at radius 2 is 1.69 bits per heavy atom. The quantitative estimate of drug-likeness (QED) is 0.296. The minimum Gasteiger partial charge on any atom is -0.496 e. The molecule has 5 rings (SSSR count). The number of methoxy groups -OCH3 is 1. The number of hydrogen-bond acceptors (Lipinski definition) is 5. The molecule has 2 atom stereocenters. The van der Waals surface area contributed by atoms with E-state index in [0.717, 1.165) is 22.2 Å². The standard InChI is InChI=1S/C28H27N3O4/c1-3-35-27(33)24-25(20-13-7-10-16-23(20)34-2)31-22-15-9-8-14-21(22)29-28(31)30(26(24)32)18-17-19-11-5-4-6-12-19/h4-16,24-25H,3,17-18H2,1-2H3/t24-,25+/m0/s1. The monoisotopic (exact) mass is 469 g/mol. The fourth-order valence-electron chi connectivity index (χ4n) is 4.83. The van der Waals surface area contributed by atoms with E-state index in [0.29, 0.717) is 24.7 Å². The molecule has 2 heterocycles. The van der Waals surface area contributed by atoms with Gasteiger partial charge in [0.25, 0.3) is 0 Å². The predicted molar refractivity (Wildman–Crippen MR) is 133 cm³/mol. The molecule has 0 unspecified atom stereocenters. The van der Waals surface area contributed by atoms with Gasteiger partial charge < -0.3 is 14.0 Å². The van der Waals surface area contributed by atoms with Crippen molar-refractivity contribution >= 4 is 28.9 Å². The van der Waals surface area contributed by atoms with Crippen molar-refractivity contribution in [2.45, 2.75) is 19.4 Å². The summed E-state index contributed by atoms with van der Waals surface area (Å²) in [5.41, 5.74) is 3.42. The number of ether oxygens (including phenoxy) is 2. The van der Waals surface area contributed by atoms with Gasteiger partial charge in [-0.05, 0) is 37.1 Å². The van der Waals surface area contributed by atoms with Gasteiger partial charge in [-0.1, -0.05) is 60.7 Å². The molecule has 35 heavy (non-hydrogen) atoms. The highest BCUT2D eigenvalue weighted by Crippen LogP contribution is 2.43. The molecule has 1 amide bonds. The molecule has 1 aromatic heterocycles. The summed E-state index contributed by atoms with van der Waals surface area (Å²) in [4.78, 5) is 33.8. The molecule has 0 saturated carbocycles. The average molecular weight is 470 g/mol. The summed E-state index contributed by atoms with van der Waals surface area (Å²) >= 11 is 0. The van der Waals surface area contributed by atoms with Crippen LogP contribution in [0.2, 0.25) is 0 Å². The van der Waals surface area contributed by atoms with Crippen LogP contribution in [-0.2, 0) is 20.7 Å². The maximum atomic E-state index is 14.0. The summed E-state index contributed by atoms with van der Waals surface area (Å²) in [5.74, 6) is -0.837. The molecule has 178 valence electrons. The van der Waals surface area contributed by atoms with E-state index in [1.807, 2.05) is 83.4 Å². The summed E-state index contributed by atoms with van der Waals surface area (Å²) in [6.45, 7) is 2.32. The molecule has 7 heteroatoms. The topological polar surface area (TPSA) is 73.7 Å². The zero-order valence-corrected chi connectivity index (χ0v) is 19.8. The number of anilines is 1. The Hall–Kier alpha value is -4.13. The molecule has 3 aromatic carbocycles. The van der Waals surface area contributed by atoms with Crippen molar-refractivity contribution in [3.63, 3.8) is 0 Å². The Balaban J connectivity index is 1.71. The van der Waals surface area contributed by atoms with Crippen LogP contribution in [0.5, 0.6) is 5.75 Å². The highest BCUT2D eigenvalue weighted by Gasteiger charge is 2.48. The number of nitrogens with zero attached hydrogens (tertiary/aromatic N) is 3. The Bertz CT molecular complexity index is 1370. The Kier molecular flexibility index (Phi) is 6.23. The first-order valence-electron chi connectivity index (χ1n) is 11.8. The summed E-state index contributed by atoms with van der Waals surface area (Å²) in [6.07, 6.45) is 0.630. The van der Waals surface area contributed by atoms with Crippen molar-refractivity contribution in [1.82, 2.24) is 9.55 Å². The van der Waals surface area contributed by atoms with Gasteiger partial charge in [-0.15, -0.1) is 0 Å². The van der Waals surface area contributed by atoms with E-state index in [1.54, 1.807) is 18.9 Å². The summed E-state index contributed by atoms with van der Waals surface area (Å²) < 4.78 is 13.1. The molecular weight excluding hydrogens is 442 g/mol. The minimum atomic E-state index is -1.08. The number of fused-ring (bicyclic) bond motifs is 3. The second-order valence-corrected chi connectivity index (χ2v) is 8.41. The average Bonchev–Trinajstić information content (AvgIpc) is 3.27. The van der Waals surface area contributed by atoms with E-state index >= 15 is 0 Å². The molecule has 4 aromatic rings. The second-order valence-electron chi connectivity index (χ2n) is 8.41. The fourth-order valence-corrected chi connectivity index (χ4v) is 4.83. The smallest absolute Gasteiger partial charge is 0.321 e. The molecule has 1 aliphatic heterocycles. The van der Waals surface area contributed by atoms with Gasteiger partial charge in [-0.3, -0.25) is 14.5 Å². The summed E-state index contributed by atoms with van der Waals surface area (Å²) in [7, 11) is 1.59. The number of carbonyl (C=O) groups excluding carboxylic acids is 2. The van der Waals surface area contributed by atoms with E-state index in [-0.39, 0.29) is 12.5 Å². The van der Waals surface area contributed by atoms with Crippen LogP contribution < -0.4 is 9.64 Å². The van der Waals surface area contributed by atoms with Crippen molar-refractivity contribution in [1.29, 1.82) is 0 Å². The van der Waals surface area contributed by atoms with Crippen LogP contribution in [0.25, 0.3) is 11.0 Å². The largest absolute Gasteiger partial charge is 0.496 e. The lowest BCUT2D eigenvalue weighted by Gasteiger charge is -2.38. The molecule has 7 nitrogen and oxygen atoms in total. The highest BCUT2D eigenvalue weighted by molar-refractivity contribution is 6.08. The normalized spacial score (nSPS) is 17.3. The molecular formula is C28H27N3O4. The van der Waals surface area contributed by atoms with E-state index in [4.69, 9.17) is 14.5 Å². The van der Waals surface area contributed by atoms with Gasteiger partial charge in [0.05, 0.1) is 30.8 Å². The van der Waals surface area contributed by atoms with E-state index < -0.39 is 17.9 Å². The number of imidazole rings is 1. The molecule has 0 spiro atoms. The third-order valence-electron chi connectivity index (χ3n) is 6.41. The molecule has 0 aliphatic carbocycles. The zero-order chi connectivity index (χ0) is 24.4. The minimum absolute atomic E-state index is 0.183. The zero-order valence-electron chi connectivity index (χ0n) is 19.8. The number of benzene rings is 3. The maximum absolute atomic E-state index is 14.0. The number of amides is 1. The molecule has 0 fully saturated rings. The van der Waals surface area contributed by atoms with Crippen LogP contribution >= 0.6 is 0 Å². The molecule has 0 N–H and O–H groups in total. The number of hydrogen-bond donors (Lipinski definition) is 0. The Labute approximate surface area is 203 Å². The first-order valence-corrected chi connectivity index (χ1v) is 11.8. The molecule has 1 aliphatic rings. The number of aromatic nitrogens is 2. The van der Waals surface area contributed by atoms with Crippen molar-refractivity contribution in [2.75, 3.05) is 25.2 Å². The summed E-state index contributed by atoms with van der Waals surface area (Å²) in [5, 5.41) is 0. The molecule has 0 bridgehead atoms. The van der Waals surface area contributed by atoms with Gasteiger partial charge in [-0.25, -0.2) is 4.98 Å². The van der Waals surface area contributed by atoms with Gasteiger partial charge in [0.2, 0.25) is 11.9 Å². The summed E-state index contributed by atoms with van der Waals surface area (Å²) in [6, 6.07) is 24.5. The lowest BCUT2D eigenvalue weighted by molar-refractivity contribution is -0.153. The predicted octanol–water partition coefficient (Wildman–Crippen LogP) is 4.40. The third-order valence-corrected chi connectivity index (χ3v) is 6.41. The number of esters is 1. The number of carbonyl (C=O) groups is 2.